The van der Waals surface area contributed by atoms with E-state index in [0.29, 0.717) is 28.0 Å². The van der Waals surface area contributed by atoms with E-state index in [4.69, 9.17) is 4.74 Å². The Balaban J connectivity index is 1.85. The first-order valence-electron chi connectivity index (χ1n) is 8.18. The number of fused-ring (bicyclic) bond motifs is 1. The molecule has 0 amide bonds. The standard InChI is InChI=1S/C19H18N2O4S/c1-4-25-19(24)14-7-5-13(6-8-14)15(22)9-21-10-20-17-16(18(21)23)11(2)12(3)26-17/h5-8,10H,4,9H2,1-3H3. The van der Waals surface area contributed by atoms with Crippen molar-refractivity contribution < 1.29 is 14.3 Å². The van der Waals surface area contributed by atoms with Gasteiger partial charge in [-0.15, -0.1) is 11.3 Å². The van der Waals surface area contributed by atoms with Gasteiger partial charge in [0.05, 0.1) is 30.4 Å². The van der Waals surface area contributed by atoms with E-state index >= 15 is 0 Å². The molecular formula is C19H18N2O4S. The summed E-state index contributed by atoms with van der Waals surface area (Å²) in [5, 5.41) is 0.570. The lowest BCUT2D eigenvalue weighted by Crippen LogP contribution is -2.24. The lowest BCUT2D eigenvalue weighted by atomic mass is 10.1. The van der Waals surface area contributed by atoms with E-state index in [1.807, 2.05) is 13.8 Å². The van der Waals surface area contributed by atoms with Crippen LogP contribution in [-0.2, 0) is 11.3 Å². The average Bonchev–Trinajstić information content (AvgIpc) is 2.92. The van der Waals surface area contributed by atoms with E-state index in [0.717, 1.165) is 10.4 Å². The minimum Gasteiger partial charge on any atom is -0.462 e. The van der Waals surface area contributed by atoms with Crippen LogP contribution in [0.1, 0.15) is 38.1 Å². The van der Waals surface area contributed by atoms with Crippen molar-refractivity contribution in [2.45, 2.75) is 27.3 Å². The van der Waals surface area contributed by atoms with Crippen LogP contribution in [0.15, 0.2) is 35.4 Å². The van der Waals surface area contributed by atoms with Crippen molar-refractivity contribution in [2.24, 2.45) is 0 Å². The van der Waals surface area contributed by atoms with E-state index in [1.165, 1.54) is 22.2 Å². The van der Waals surface area contributed by atoms with Crippen LogP contribution in [-0.4, -0.2) is 27.9 Å². The molecule has 0 saturated heterocycles. The van der Waals surface area contributed by atoms with Gasteiger partial charge in [-0.2, -0.15) is 0 Å². The van der Waals surface area contributed by atoms with E-state index in [1.54, 1.807) is 31.2 Å². The van der Waals surface area contributed by atoms with E-state index in [-0.39, 0.29) is 17.9 Å². The molecule has 0 atom stereocenters. The van der Waals surface area contributed by atoms with Crippen LogP contribution < -0.4 is 5.56 Å². The van der Waals surface area contributed by atoms with Gasteiger partial charge in [-0.3, -0.25) is 14.2 Å². The average molecular weight is 370 g/mol. The highest BCUT2D eigenvalue weighted by atomic mass is 32.1. The molecule has 0 aliphatic carbocycles. The minimum absolute atomic E-state index is 0.102. The van der Waals surface area contributed by atoms with Gasteiger partial charge in [0.25, 0.3) is 5.56 Å². The normalized spacial score (nSPS) is 10.9. The number of ether oxygens (including phenoxy) is 1. The van der Waals surface area contributed by atoms with Crippen LogP contribution in [0.5, 0.6) is 0 Å². The number of carbonyl (C=O) groups excluding carboxylic acids is 2. The van der Waals surface area contributed by atoms with E-state index in [9.17, 15) is 14.4 Å². The van der Waals surface area contributed by atoms with E-state index < -0.39 is 5.97 Å². The molecule has 0 bridgehead atoms. The number of hydrogen-bond donors (Lipinski definition) is 0. The first-order valence-corrected chi connectivity index (χ1v) is 8.99. The molecule has 1 aromatic carbocycles. The molecule has 0 unspecified atom stereocenters. The minimum atomic E-state index is -0.430. The molecule has 0 N–H and O–H groups in total. The summed E-state index contributed by atoms with van der Waals surface area (Å²) in [6.45, 7) is 5.75. The number of ketones is 1. The van der Waals surface area contributed by atoms with Crippen LogP contribution >= 0.6 is 11.3 Å². The topological polar surface area (TPSA) is 78.3 Å². The van der Waals surface area contributed by atoms with Crippen molar-refractivity contribution in [3.8, 4) is 0 Å². The Labute approximate surface area is 154 Å². The maximum absolute atomic E-state index is 12.7. The summed E-state index contributed by atoms with van der Waals surface area (Å²) in [5.41, 5.74) is 1.49. The number of aryl methyl sites for hydroxylation is 2. The molecule has 0 fully saturated rings. The lowest BCUT2D eigenvalue weighted by Gasteiger charge is -2.06. The highest BCUT2D eigenvalue weighted by molar-refractivity contribution is 7.18. The number of thiophene rings is 1. The molecule has 0 saturated carbocycles. The van der Waals surface area contributed by atoms with Crippen molar-refractivity contribution in [1.29, 1.82) is 0 Å². The molecular weight excluding hydrogens is 352 g/mol. The van der Waals surface area contributed by atoms with Crippen LogP contribution in [0.4, 0.5) is 0 Å². The Hall–Kier alpha value is -2.80. The maximum atomic E-state index is 12.7. The van der Waals surface area contributed by atoms with Gasteiger partial charge in [0.2, 0.25) is 0 Å². The molecule has 3 aromatic rings. The van der Waals surface area contributed by atoms with Crippen molar-refractivity contribution in [3.63, 3.8) is 0 Å². The Morgan fingerprint density at radius 3 is 2.46 bits per heavy atom. The molecule has 0 spiro atoms. The highest BCUT2D eigenvalue weighted by Gasteiger charge is 2.15. The number of benzene rings is 1. The maximum Gasteiger partial charge on any atom is 0.338 e. The number of carbonyl (C=O) groups is 2. The van der Waals surface area contributed by atoms with Crippen LogP contribution in [0, 0.1) is 13.8 Å². The summed E-state index contributed by atoms with van der Waals surface area (Å²) in [4.78, 5) is 42.8. The quantitative estimate of drug-likeness (QED) is 0.509. The van der Waals surface area contributed by atoms with Crippen LogP contribution in [0.25, 0.3) is 10.2 Å². The smallest absolute Gasteiger partial charge is 0.338 e. The molecule has 2 heterocycles. The molecule has 0 aliphatic heterocycles. The summed E-state index contributed by atoms with van der Waals surface area (Å²) >= 11 is 1.47. The zero-order valence-corrected chi connectivity index (χ0v) is 15.6. The highest BCUT2D eigenvalue weighted by Crippen LogP contribution is 2.25. The lowest BCUT2D eigenvalue weighted by molar-refractivity contribution is 0.0526. The SMILES string of the molecule is CCOC(=O)c1ccc(C(=O)Cn2cnc3sc(C)c(C)c3c2=O)cc1. The van der Waals surface area contributed by atoms with Gasteiger partial charge in [0.15, 0.2) is 5.78 Å². The number of aromatic nitrogens is 2. The van der Waals surface area contributed by atoms with Crippen molar-refractivity contribution in [2.75, 3.05) is 6.61 Å². The number of nitrogens with zero attached hydrogens (tertiary/aromatic N) is 2. The molecule has 7 heteroatoms. The number of Topliss-reactive ketones (excluding diaryl/α,β-unsaturated/α-hetero) is 1. The summed E-state index contributed by atoms with van der Waals surface area (Å²) in [5.74, 6) is -0.658. The third kappa shape index (κ3) is 3.30. The third-order valence-corrected chi connectivity index (χ3v) is 5.30. The Bertz CT molecular complexity index is 1050. The zero-order chi connectivity index (χ0) is 18.8. The fraction of sp³-hybridized carbons (Fsp3) is 0.263. The molecule has 26 heavy (non-hydrogen) atoms. The number of hydrogen-bond acceptors (Lipinski definition) is 6. The second kappa shape index (κ2) is 7.21. The van der Waals surface area contributed by atoms with Crippen LogP contribution in [0.2, 0.25) is 0 Å². The second-order valence-electron chi connectivity index (χ2n) is 5.86. The summed E-state index contributed by atoms with van der Waals surface area (Å²) in [7, 11) is 0. The summed E-state index contributed by atoms with van der Waals surface area (Å²) < 4.78 is 6.24. The first-order chi connectivity index (χ1) is 12.4. The van der Waals surface area contributed by atoms with Crippen molar-refractivity contribution >= 4 is 33.3 Å². The Morgan fingerprint density at radius 2 is 1.81 bits per heavy atom. The van der Waals surface area contributed by atoms with Crippen molar-refractivity contribution in [3.05, 3.63) is 62.5 Å². The van der Waals surface area contributed by atoms with Crippen molar-refractivity contribution in [1.82, 2.24) is 9.55 Å². The Kier molecular flexibility index (Phi) is 4.99. The molecule has 2 aromatic heterocycles. The largest absolute Gasteiger partial charge is 0.462 e. The molecule has 134 valence electrons. The van der Waals surface area contributed by atoms with Gasteiger partial charge >= 0.3 is 5.97 Å². The fourth-order valence-electron chi connectivity index (χ4n) is 2.64. The monoisotopic (exact) mass is 370 g/mol. The number of rotatable bonds is 5. The molecule has 0 aliphatic rings. The second-order valence-corrected chi connectivity index (χ2v) is 7.07. The Morgan fingerprint density at radius 1 is 1.15 bits per heavy atom. The predicted octanol–water partition coefficient (Wildman–Crippen LogP) is 3.13. The number of esters is 1. The van der Waals surface area contributed by atoms with Gasteiger partial charge in [0, 0.05) is 10.4 Å². The van der Waals surface area contributed by atoms with Gasteiger partial charge in [0.1, 0.15) is 4.83 Å². The van der Waals surface area contributed by atoms with Gasteiger partial charge in [-0.25, -0.2) is 9.78 Å². The predicted molar refractivity (Wildman–Crippen MR) is 100 cm³/mol. The van der Waals surface area contributed by atoms with E-state index in [2.05, 4.69) is 4.98 Å². The van der Waals surface area contributed by atoms with Gasteiger partial charge < -0.3 is 4.74 Å². The zero-order valence-electron chi connectivity index (χ0n) is 14.7. The third-order valence-electron chi connectivity index (χ3n) is 4.19. The molecule has 0 radical (unpaired) electrons. The van der Waals surface area contributed by atoms with Gasteiger partial charge in [-0.05, 0) is 38.5 Å². The molecule has 6 nitrogen and oxygen atoms in total. The van der Waals surface area contributed by atoms with Crippen LogP contribution in [0.3, 0.4) is 0 Å². The van der Waals surface area contributed by atoms with Gasteiger partial charge in [-0.1, -0.05) is 12.1 Å². The molecule has 3 rings (SSSR count). The first kappa shape index (κ1) is 18.0. The summed E-state index contributed by atoms with van der Waals surface area (Å²) in [6, 6.07) is 6.21. The fourth-order valence-corrected chi connectivity index (χ4v) is 3.62. The summed E-state index contributed by atoms with van der Waals surface area (Å²) in [6.07, 6.45) is 1.41.